The van der Waals surface area contributed by atoms with Gasteiger partial charge in [-0.15, -0.1) is 0 Å². The molecule has 0 spiro atoms. The first-order chi connectivity index (χ1) is 8.24. The summed E-state index contributed by atoms with van der Waals surface area (Å²) in [7, 11) is 0. The highest BCUT2D eigenvalue weighted by Gasteiger charge is 2.22. The number of rotatable bonds is 3. The first-order valence-corrected chi connectivity index (χ1v) is 5.94. The average molecular weight is 234 g/mol. The minimum atomic E-state index is -0.338. The summed E-state index contributed by atoms with van der Waals surface area (Å²) in [6.45, 7) is 3.25. The van der Waals surface area contributed by atoms with Crippen LogP contribution in [0.5, 0.6) is 0 Å². The Morgan fingerprint density at radius 2 is 2.24 bits per heavy atom. The van der Waals surface area contributed by atoms with Crippen LogP contribution in [0.25, 0.3) is 0 Å². The number of hydrogen-bond donors (Lipinski definition) is 2. The molecule has 1 heterocycles. The standard InChI is InChI=1S/C13H18N2O2/c1-10-7-12(8-14-10)15-13(16)17-9-11-5-3-2-4-6-11/h2-6,10,12,14H,7-9H2,1H3,(H,15,16)/t10-,12-/m0/s1. The lowest BCUT2D eigenvalue weighted by Gasteiger charge is -2.11. The first-order valence-electron chi connectivity index (χ1n) is 5.94. The van der Waals surface area contributed by atoms with Crippen LogP contribution in [0, 0.1) is 0 Å². The van der Waals surface area contributed by atoms with E-state index in [-0.39, 0.29) is 12.1 Å². The molecular formula is C13H18N2O2. The SMILES string of the molecule is C[C@H]1C[C@H](NC(=O)OCc2ccccc2)CN1. The Labute approximate surface area is 101 Å². The number of alkyl carbamates (subject to hydrolysis) is 1. The van der Waals surface area contributed by atoms with E-state index < -0.39 is 0 Å². The van der Waals surface area contributed by atoms with Gasteiger partial charge < -0.3 is 15.4 Å². The van der Waals surface area contributed by atoms with Crippen LogP contribution in [0.2, 0.25) is 0 Å². The van der Waals surface area contributed by atoms with Crippen molar-refractivity contribution in [1.29, 1.82) is 0 Å². The van der Waals surface area contributed by atoms with Crippen LogP contribution in [0.15, 0.2) is 30.3 Å². The van der Waals surface area contributed by atoms with Crippen LogP contribution in [0.4, 0.5) is 4.79 Å². The third-order valence-corrected chi connectivity index (χ3v) is 2.89. The number of carbonyl (C=O) groups is 1. The van der Waals surface area contributed by atoms with Crippen molar-refractivity contribution in [2.45, 2.75) is 32.0 Å². The molecular weight excluding hydrogens is 216 g/mol. The Morgan fingerprint density at radius 3 is 2.88 bits per heavy atom. The van der Waals surface area contributed by atoms with Crippen molar-refractivity contribution < 1.29 is 9.53 Å². The first kappa shape index (κ1) is 11.9. The predicted octanol–water partition coefficient (Wildman–Crippen LogP) is 1.66. The molecule has 1 fully saturated rings. The summed E-state index contributed by atoms with van der Waals surface area (Å²) >= 11 is 0. The largest absolute Gasteiger partial charge is 0.445 e. The van der Waals surface area contributed by atoms with Crippen LogP contribution in [-0.2, 0) is 11.3 Å². The lowest BCUT2D eigenvalue weighted by Crippen LogP contribution is -2.36. The maximum atomic E-state index is 11.5. The van der Waals surface area contributed by atoms with Crippen molar-refractivity contribution in [2.24, 2.45) is 0 Å². The molecule has 1 saturated heterocycles. The molecule has 2 rings (SSSR count). The third kappa shape index (κ3) is 3.75. The number of amides is 1. The molecule has 17 heavy (non-hydrogen) atoms. The summed E-state index contributed by atoms with van der Waals surface area (Å²) in [5.41, 5.74) is 1.00. The zero-order valence-electron chi connectivity index (χ0n) is 9.98. The fourth-order valence-electron chi connectivity index (χ4n) is 1.98. The smallest absolute Gasteiger partial charge is 0.407 e. The highest BCUT2D eigenvalue weighted by molar-refractivity contribution is 5.67. The monoisotopic (exact) mass is 234 g/mol. The molecule has 0 saturated carbocycles. The zero-order valence-corrected chi connectivity index (χ0v) is 9.98. The minimum absolute atomic E-state index is 0.188. The fourth-order valence-corrected chi connectivity index (χ4v) is 1.98. The van der Waals surface area contributed by atoms with E-state index in [4.69, 9.17) is 4.74 Å². The Balaban J connectivity index is 1.71. The Morgan fingerprint density at radius 1 is 1.47 bits per heavy atom. The van der Waals surface area contributed by atoms with Gasteiger partial charge in [0.25, 0.3) is 0 Å². The number of carbonyl (C=O) groups excluding carboxylic acids is 1. The summed E-state index contributed by atoms with van der Waals surface area (Å²) in [4.78, 5) is 11.5. The van der Waals surface area contributed by atoms with E-state index in [1.54, 1.807) is 0 Å². The highest BCUT2D eigenvalue weighted by Crippen LogP contribution is 2.06. The Bertz CT molecular complexity index is 367. The number of benzene rings is 1. The van der Waals surface area contributed by atoms with Crippen molar-refractivity contribution in [2.75, 3.05) is 6.54 Å². The molecule has 0 aliphatic carbocycles. The topological polar surface area (TPSA) is 50.4 Å². The van der Waals surface area contributed by atoms with Crippen molar-refractivity contribution >= 4 is 6.09 Å². The zero-order chi connectivity index (χ0) is 12.1. The number of ether oxygens (including phenoxy) is 1. The van der Waals surface area contributed by atoms with Crippen LogP contribution in [0.1, 0.15) is 18.9 Å². The summed E-state index contributed by atoms with van der Waals surface area (Å²) < 4.78 is 5.15. The molecule has 1 aromatic carbocycles. The molecule has 4 nitrogen and oxygen atoms in total. The van der Waals surface area contributed by atoms with Crippen LogP contribution in [0.3, 0.4) is 0 Å². The maximum absolute atomic E-state index is 11.5. The molecule has 0 aromatic heterocycles. The van der Waals surface area contributed by atoms with E-state index in [0.29, 0.717) is 12.6 Å². The molecule has 2 N–H and O–H groups in total. The second kappa shape index (κ2) is 5.68. The summed E-state index contributed by atoms with van der Waals surface area (Å²) in [6, 6.07) is 10.3. The van der Waals surface area contributed by atoms with Crippen LogP contribution >= 0.6 is 0 Å². The van der Waals surface area contributed by atoms with Gasteiger partial charge in [-0.3, -0.25) is 0 Å². The molecule has 2 atom stereocenters. The van der Waals surface area contributed by atoms with Crippen molar-refractivity contribution in [3.8, 4) is 0 Å². The van der Waals surface area contributed by atoms with E-state index in [1.165, 1.54) is 0 Å². The van der Waals surface area contributed by atoms with E-state index in [0.717, 1.165) is 18.5 Å². The van der Waals surface area contributed by atoms with Crippen molar-refractivity contribution in [3.63, 3.8) is 0 Å². The van der Waals surface area contributed by atoms with E-state index in [1.807, 2.05) is 30.3 Å². The Hall–Kier alpha value is -1.55. The third-order valence-electron chi connectivity index (χ3n) is 2.89. The summed E-state index contributed by atoms with van der Waals surface area (Å²) in [6.07, 6.45) is 0.621. The normalized spacial score (nSPS) is 23.4. The van der Waals surface area contributed by atoms with Gasteiger partial charge in [0.1, 0.15) is 6.61 Å². The van der Waals surface area contributed by atoms with Gasteiger partial charge in [0.05, 0.1) is 0 Å². The molecule has 1 aliphatic rings. The van der Waals surface area contributed by atoms with E-state index in [9.17, 15) is 4.79 Å². The Kier molecular flexibility index (Phi) is 3.98. The van der Waals surface area contributed by atoms with Gasteiger partial charge in [-0.05, 0) is 18.9 Å². The molecule has 1 aromatic rings. The molecule has 4 heteroatoms. The van der Waals surface area contributed by atoms with Crippen LogP contribution < -0.4 is 10.6 Å². The minimum Gasteiger partial charge on any atom is -0.445 e. The number of hydrogen-bond acceptors (Lipinski definition) is 3. The van der Waals surface area contributed by atoms with Gasteiger partial charge in [0.15, 0.2) is 0 Å². The highest BCUT2D eigenvalue weighted by atomic mass is 16.5. The van der Waals surface area contributed by atoms with Gasteiger partial charge in [0, 0.05) is 18.6 Å². The number of nitrogens with one attached hydrogen (secondary N) is 2. The maximum Gasteiger partial charge on any atom is 0.407 e. The van der Waals surface area contributed by atoms with Gasteiger partial charge in [-0.1, -0.05) is 30.3 Å². The molecule has 0 unspecified atom stereocenters. The summed E-state index contributed by atoms with van der Waals surface area (Å²) in [5, 5.41) is 6.13. The average Bonchev–Trinajstić information content (AvgIpc) is 2.73. The van der Waals surface area contributed by atoms with E-state index >= 15 is 0 Å². The van der Waals surface area contributed by atoms with Gasteiger partial charge in [0.2, 0.25) is 0 Å². The lowest BCUT2D eigenvalue weighted by molar-refractivity contribution is 0.136. The molecule has 0 radical (unpaired) electrons. The van der Waals surface area contributed by atoms with Gasteiger partial charge in [-0.25, -0.2) is 4.79 Å². The second-order valence-corrected chi connectivity index (χ2v) is 4.45. The molecule has 1 aliphatic heterocycles. The van der Waals surface area contributed by atoms with Crippen LogP contribution in [-0.4, -0.2) is 24.7 Å². The summed E-state index contributed by atoms with van der Waals surface area (Å²) in [5.74, 6) is 0. The second-order valence-electron chi connectivity index (χ2n) is 4.45. The fraction of sp³-hybridized carbons (Fsp3) is 0.462. The van der Waals surface area contributed by atoms with Crippen molar-refractivity contribution in [1.82, 2.24) is 10.6 Å². The molecule has 1 amide bonds. The quantitative estimate of drug-likeness (QED) is 0.836. The van der Waals surface area contributed by atoms with E-state index in [2.05, 4.69) is 17.6 Å². The predicted molar refractivity (Wildman–Crippen MR) is 65.6 cm³/mol. The molecule has 0 bridgehead atoms. The van der Waals surface area contributed by atoms with Crippen molar-refractivity contribution in [3.05, 3.63) is 35.9 Å². The lowest BCUT2D eigenvalue weighted by atomic mass is 10.2. The van der Waals surface area contributed by atoms with Gasteiger partial charge >= 0.3 is 6.09 Å². The molecule has 92 valence electrons. The van der Waals surface area contributed by atoms with Gasteiger partial charge in [-0.2, -0.15) is 0 Å².